The van der Waals surface area contributed by atoms with E-state index in [4.69, 9.17) is 0 Å². The highest BCUT2D eigenvalue weighted by atomic mass is 32.2. The number of rotatable bonds is 3. The molecule has 0 atom stereocenters. The lowest BCUT2D eigenvalue weighted by Gasteiger charge is -2.20. The van der Waals surface area contributed by atoms with Crippen molar-refractivity contribution in [1.82, 2.24) is 14.3 Å². The van der Waals surface area contributed by atoms with Gasteiger partial charge < -0.3 is 0 Å². The van der Waals surface area contributed by atoms with E-state index in [0.29, 0.717) is 31.8 Å². The van der Waals surface area contributed by atoms with Gasteiger partial charge in [0.05, 0.1) is 5.69 Å². The van der Waals surface area contributed by atoms with Gasteiger partial charge in [-0.25, -0.2) is 22.8 Å². The van der Waals surface area contributed by atoms with Crippen molar-refractivity contribution < 1.29 is 12.8 Å². The molecule has 0 saturated heterocycles. The van der Waals surface area contributed by atoms with Crippen LogP contribution >= 0.6 is 0 Å². The molecule has 0 unspecified atom stereocenters. The summed E-state index contributed by atoms with van der Waals surface area (Å²) in [5.74, 6) is -0.214. The van der Waals surface area contributed by atoms with Crippen LogP contribution in [0.2, 0.25) is 0 Å². The first-order chi connectivity index (χ1) is 11.6. The van der Waals surface area contributed by atoms with E-state index in [9.17, 15) is 12.8 Å². The van der Waals surface area contributed by atoms with Crippen molar-refractivity contribution in [3.05, 3.63) is 53.4 Å². The van der Waals surface area contributed by atoms with Crippen molar-refractivity contribution in [2.75, 3.05) is 13.1 Å². The summed E-state index contributed by atoms with van der Waals surface area (Å²) >= 11 is 0. The van der Waals surface area contributed by atoms with Gasteiger partial charge in [0.2, 0.25) is 10.0 Å². The normalized spacial score (nSPS) is 18.9. The van der Waals surface area contributed by atoms with Gasteiger partial charge in [-0.3, -0.25) is 0 Å². The second-order valence-corrected chi connectivity index (χ2v) is 8.20. The molecule has 126 valence electrons. The molecule has 5 nitrogen and oxygen atoms in total. The first kappa shape index (κ1) is 15.7. The van der Waals surface area contributed by atoms with Crippen molar-refractivity contribution >= 4 is 10.0 Å². The van der Waals surface area contributed by atoms with E-state index in [-0.39, 0.29) is 4.90 Å². The average molecular weight is 347 g/mol. The molecule has 2 aromatic rings. The number of nitrogens with zero attached hydrogens (tertiary/aromatic N) is 3. The molecule has 1 saturated carbocycles. The quantitative estimate of drug-likeness (QED) is 0.855. The van der Waals surface area contributed by atoms with Gasteiger partial charge in [-0.2, -0.15) is 4.31 Å². The van der Waals surface area contributed by atoms with Crippen LogP contribution in [-0.4, -0.2) is 35.8 Å². The van der Waals surface area contributed by atoms with Crippen molar-refractivity contribution in [3.8, 4) is 0 Å². The van der Waals surface area contributed by atoms with Crippen LogP contribution in [0.5, 0.6) is 0 Å². The van der Waals surface area contributed by atoms with E-state index >= 15 is 0 Å². The SMILES string of the molecule is O=S(=O)(c1ccccc1F)N1CCc2ncnc(C3CC3)c2CC1. The minimum atomic E-state index is -3.84. The number of benzene rings is 1. The van der Waals surface area contributed by atoms with E-state index in [1.54, 1.807) is 12.4 Å². The third-order valence-corrected chi connectivity index (χ3v) is 6.63. The fourth-order valence-corrected chi connectivity index (χ4v) is 4.78. The molecule has 4 rings (SSSR count). The van der Waals surface area contributed by atoms with E-state index in [1.165, 1.54) is 22.5 Å². The van der Waals surface area contributed by atoms with Gasteiger partial charge in [0.1, 0.15) is 17.0 Å². The molecule has 1 fully saturated rings. The van der Waals surface area contributed by atoms with Crippen molar-refractivity contribution in [2.24, 2.45) is 0 Å². The summed E-state index contributed by atoms with van der Waals surface area (Å²) in [6, 6.07) is 5.53. The fraction of sp³-hybridized carbons (Fsp3) is 0.412. The third-order valence-electron chi connectivity index (χ3n) is 4.70. The Hall–Kier alpha value is -1.86. The van der Waals surface area contributed by atoms with E-state index < -0.39 is 15.8 Å². The predicted octanol–water partition coefficient (Wildman–Crippen LogP) is 2.28. The summed E-state index contributed by atoms with van der Waals surface area (Å²) in [5.41, 5.74) is 3.09. The first-order valence-electron chi connectivity index (χ1n) is 8.14. The molecular weight excluding hydrogens is 329 g/mol. The van der Waals surface area contributed by atoms with Gasteiger partial charge in [0.25, 0.3) is 0 Å². The van der Waals surface area contributed by atoms with Crippen molar-refractivity contribution in [3.63, 3.8) is 0 Å². The molecular formula is C17H18FN3O2S. The maximum atomic E-state index is 14.0. The molecule has 1 aromatic heterocycles. The standard InChI is InChI=1S/C17H18FN3O2S/c18-14-3-1-2-4-16(14)24(22,23)21-9-7-13-15(8-10-21)19-11-20-17(13)12-5-6-12/h1-4,11-12H,5-10H2. The van der Waals surface area contributed by atoms with E-state index in [2.05, 4.69) is 9.97 Å². The summed E-state index contributed by atoms with van der Waals surface area (Å²) < 4.78 is 40.9. The van der Waals surface area contributed by atoms with Gasteiger partial charge >= 0.3 is 0 Å². The highest BCUT2D eigenvalue weighted by molar-refractivity contribution is 7.89. The lowest BCUT2D eigenvalue weighted by Crippen LogP contribution is -2.33. The molecule has 0 N–H and O–H groups in total. The molecule has 24 heavy (non-hydrogen) atoms. The summed E-state index contributed by atoms with van der Waals surface area (Å²) in [5, 5.41) is 0. The summed E-state index contributed by atoms with van der Waals surface area (Å²) in [6.07, 6.45) is 4.97. The second-order valence-electron chi connectivity index (χ2n) is 6.29. The monoisotopic (exact) mass is 347 g/mol. The lowest BCUT2D eigenvalue weighted by molar-refractivity contribution is 0.422. The molecule has 1 aromatic carbocycles. The van der Waals surface area contributed by atoms with Crippen LogP contribution in [0.4, 0.5) is 4.39 Å². The zero-order chi connectivity index (χ0) is 16.7. The molecule has 0 spiro atoms. The maximum absolute atomic E-state index is 14.0. The fourth-order valence-electron chi connectivity index (χ4n) is 3.27. The van der Waals surface area contributed by atoms with Crippen molar-refractivity contribution in [2.45, 2.75) is 36.5 Å². The Morgan fingerprint density at radius 1 is 1.08 bits per heavy atom. The molecule has 0 radical (unpaired) electrons. The molecule has 0 amide bonds. The molecule has 2 heterocycles. The number of hydrogen-bond donors (Lipinski definition) is 0. The topological polar surface area (TPSA) is 63.2 Å². The first-order valence-corrected chi connectivity index (χ1v) is 9.58. The number of sulfonamides is 1. The van der Waals surface area contributed by atoms with Crippen molar-refractivity contribution in [1.29, 1.82) is 0 Å². The van der Waals surface area contributed by atoms with E-state index in [1.807, 2.05) is 0 Å². The number of halogens is 1. The second kappa shape index (κ2) is 5.89. The minimum absolute atomic E-state index is 0.260. The van der Waals surface area contributed by atoms with Crippen LogP contribution in [0, 0.1) is 5.82 Å². The zero-order valence-corrected chi connectivity index (χ0v) is 14.0. The molecule has 0 bridgehead atoms. The number of hydrogen-bond acceptors (Lipinski definition) is 4. The predicted molar refractivity (Wildman–Crippen MR) is 86.6 cm³/mol. The summed E-state index contributed by atoms with van der Waals surface area (Å²) in [7, 11) is -3.84. The van der Waals surface area contributed by atoms with E-state index in [0.717, 1.165) is 29.8 Å². The van der Waals surface area contributed by atoms with Crippen LogP contribution in [0.15, 0.2) is 35.5 Å². The van der Waals surface area contributed by atoms with Crippen LogP contribution in [0.1, 0.15) is 35.7 Å². The highest BCUT2D eigenvalue weighted by Gasteiger charge is 2.33. The molecule has 2 aliphatic rings. The zero-order valence-electron chi connectivity index (χ0n) is 13.2. The van der Waals surface area contributed by atoms with Crippen LogP contribution in [-0.2, 0) is 22.9 Å². The average Bonchev–Trinajstić information content (AvgIpc) is 3.41. The van der Waals surface area contributed by atoms with Crippen LogP contribution < -0.4 is 0 Å². The van der Waals surface area contributed by atoms with Gasteiger partial charge in [-0.15, -0.1) is 0 Å². The number of aromatic nitrogens is 2. The minimum Gasteiger partial charge on any atom is -0.241 e. The lowest BCUT2D eigenvalue weighted by atomic mass is 10.0. The maximum Gasteiger partial charge on any atom is 0.246 e. The number of fused-ring (bicyclic) bond motifs is 1. The van der Waals surface area contributed by atoms with Gasteiger partial charge in [-0.1, -0.05) is 12.1 Å². The highest BCUT2D eigenvalue weighted by Crippen LogP contribution is 2.41. The van der Waals surface area contributed by atoms with Crippen LogP contribution in [0.25, 0.3) is 0 Å². The molecule has 1 aliphatic carbocycles. The van der Waals surface area contributed by atoms with Gasteiger partial charge in [-0.05, 0) is 37.0 Å². The summed E-state index contributed by atoms with van der Waals surface area (Å²) in [4.78, 5) is 8.51. The Morgan fingerprint density at radius 2 is 1.83 bits per heavy atom. The Labute approximate surface area is 140 Å². The smallest absolute Gasteiger partial charge is 0.241 e. The Bertz CT molecular complexity index is 881. The Morgan fingerprint density at radius 3 is 2.58 bits per heavy atom. The largest absolute Gasteiger partial charge is 0.246 e. The third kappa shape index (κ3) is 2.71. The Balaban J connectivity index is 1.64. The molecule has 7 heteroatoms. The molecule has 1 aliphatic heterocycles. The van der Waals surface area contributed by atoms with Gasteiger partial charge in [0.15, 0.2) is 0 Å². The summed E-state index contributed by atoms with van der Waals surface area (Å²) in [6.45, 7) is 0.640. The Kier molecular flexibility index (Phi) is 3.85. The van der Waals surface area contributed by atoms with Crippen LogP contribution in [0.3, 0.4) is 0 Å². The van der Waals surface area contributed by atoms with Gasteiger partial charge in [0, 0.05) is 31.1 Å².